The molecule has 1 heterocycles. The number of aliphatic hydroxyl groups is 1. The molecule has 0 fully saturated rings. The van der Waals surface area contributed by atoms with Crippen molar-refractivity contribution in [3.8, 4) is 11.3 Å². The fourth-order valence-corrected chi connectivity index (χ4v) is 1.62. The summed E-state index contributed by atoms with van der Waals surface area (Å²) in [5, 5.41) is 24.7. The van der Waals surface area contributed by atoms with Gasteiger partial charge in [-0.1, -0.05) is 30.3 Å². The van der Waals surface area contributed by atoms with Gasteiger partial charge >= 0.3 is 5.97 Å². The van der Waals surface area contributed by atoms with Gasteiger partial charge in [0.05, 0.1) is 11.9 Å². The third-order valence-electron chi connectivity index (χ3n) is 2.48. The average molecular weight is 232 g/mol. The normalized spacial score (nSPS) is 12.3. The minimum atomic E-state index is -1.41. The van der Waals surface area contributed by atoms with Crippen LogP contribution in [-0.4, -0.2) is 32.5 Å². The van der Waals surface area contributed by atoms with E-state index in [0.29, 0.717) is 5.56 Å². The highest BCUT2D eigenvalue weighted by molar-refractivity contribution is 5.73. The minimum absolute atomic E-state index is 0.0378. The molecule has 3 N–H and O–H groups in total. The number of hydrogen-bond acceptors (Lipinski definition) is 3. The van der Waals surface area contributed by atoms with Crippen molar-refractivity contribution in [1.82, 2.24) is 10.2 Å². The van der Waals surface area contributed by atoms with Crippen LogP contribution in [-0.2, 0) is 11.2 Å². The van der Waals surface area contributed by atoms with Gasteiger partial charge in [0.2, 0.25) is 0 Å². The number of hydrogen-bond donors (Lipinski definition) is 3. The lowest BCUT2D eigenvalue weighted by atomic mass is 10.0. The number of carbonyl (C=O) groups is 1. The van der Waals surface area contributed by atoms with Crippen molar-refractivity contribution in [3.05, 3.63) is 42.1 Å². The van der Waals surface area contributed by atoms with Gasteiger partial charge < -0.3 is 10.2 Å². The van der Waals surface area contributed by atoms with Gasteiger partial charge in [0.25, 0.3) is 0 Å². The predicted octanol–water partition coefficient (Wildman–Crippen LogP) is 1.06. The first kappa shape index (κ1) is 11.3. The second-order valence-corrected chi connectivity index (χ2v) is 3.69. The number of aliphatic hydroxyl groups excluding tert-OH is 1. The van der Waals surface area contributed by atoms with Gasteiger partial charge in [0.15, 0.2) is 6.10 Å². The summed E-state index contributed by atoms with van der Waals surface area (Å²) in [7, 11) is 0. The number of aromatic amines is 1. The van der Waals surface area contributed by atoms with E-state index in [9.17, 15) is 9.90 Å². The number of benzene rings is 1. The zero-order chi connectivity index (χ0) is 12.3. The summed E-state index contributed by atoms with van der Waals surface area (Å²) in [6.07, 6.45) is 0.167. The van der Waals surface area contributed by atoms with E-state index in [1.807, 2.05) is 30.3 Å². The Kier molecular flexibility index (Phi) is 3.20. The molecule has 2 rings (SSSR count). The molecule has 2 aromatic rings. The Bertz CT molecular complexity index is 507. The van der Waals surface area contributed by atoms with Crippen LogP contribution in [0, 0.1) is 0 Å². The van der Waals surface area contributed by atoms with Gasteiger partial charge in [-0.05, 0) is 5.56 Å². The maximum absolute atomic E-state index is 10.6. The van der Waals surface area contributed by atoms with Crippen molar-refractivity contribution in [1.29, 1.82) is 0 Å². The maximum Gasteiger partial charge on any atom is 0.332 e. The molecule has 0 bridgehead atoms. The van der Waals surface area contributed by atoms with E-state index >= 15 is 0 Å². The molecule has 0 amide bonds. The van der Waals surface area contributed by atoms with Gasteiger partial charge in [-0.3, -0.25) is 5.10 Å². The molecule has 5 heteroatoms. The summed E-state index contributed by atoms with van der Waals surface area (Å²) in [4.78, 5) is 10.6. The van der Waals surface area contributed by atoms with E-state index in [2.05, 4.69) is 10.2 Å². The molecule has 1 aromatic carbocycles. The fourth-order valence-electron chi connectivity index (χ4n) is 1.62. The van der Waals surface area contributed by atoms with E-state index in [4.69, 9.17) is 5.11 Å². The molecular formula is C12H12N2O3. The molecule has 0 aliphatic heterocycles. The summed E-state index contributed by atoms with van der Waals surface area (Å²) in [5.74, 6) is -1.23. The van der Waals surface area contributed by atoms with Crippen molar-refractivity contribution in [2.45, 2.75) is 12.5 Å². The van der Waals surface area contributed by atoms with Crippen LogP contribution in [0.1, 0.15) is 5.56 Å². The zero-order valence-electron chi connectivity index (χ0n) is 9.00. The fraction of sp³-hybridized carbons (Fsp3) is 0.167. The summed E-state index contributed by atoms with van der Waals surface area (Å²) in [5.41, 5.74) is 2.34. The summed E-state index contributed by atoms with van der Waals surface area (Å²) >= 11 is 0. The van der Waals surface area contributed by atoms with Crippen LogP contribution in [0.4, 0.5) is 0 Å². The lowest BCUT2D eigenvalue weighted by Gasteiger charge is -2.06. The molecule has 0 saturated heterocycles. The first-order valence-corrected chi connectivity index (χ1v) is 5.17. The smallest absolute Gasteiger partial charge is 0.332 e. The van der Waals surface area contributed by atoms with Crippen LogP contribution in [0.3, 0.4) is 0 Å². The van der Waals surface area contributed by atoms with Crippen LogP contribution in [0.5, 0.6) is 0 Å². The van der Waals surface area contributed by atoms with Gasteiger partial charge in [0.1, 0.15) is 0 Å². The second-order valence-electron chi connectivity index (χ2n) is 3.69. The summed E-state index contributed by atoms with van der Waals surface area (Å²) < 4.78 is 0. The van der Waals surface area contributed by atoms with Gasteiger partial charge in [0, 0.05) is 12.0 Å². The minimum Gasteiger partial charge on any atom is -0.479 e. The third kappa shape index (κ3) is 2.51. The molecule has 0 saturated carbocycles. The molecule has 88 valence electrons. The lowest BCUT2D eigenvalue weighted by Crippen LogP contribution is -2.22. The Balaban J connectivity index is 2.26. The van der Waals surface area contributed by atoms with Crippen molar-refractivity contribution < 1.29 is 15.0 Å². The largest absolute Gasteiger partial charge is 0.479 e. The molecule has 0 radical (unpaired) electrons. The van der Waals surface area contributed by atoms with E-state index in [0.717, 1.165) is 11.3 Å². The molecule has 0 spiro atoms. The average Bonchev–Trinajstić information content (AvgIpc) is 2.78. The highest BCUT2D eigenvalue weighted by Gasteiger charge is 2.17. The molecular weight excluding hydrogens is 220 g/mol. The second kappa shape index (κ2) is 4.80. The number of aromatic nitrogens is 2. The van der Waals surface area contributed by atoms with Gasteiger partial charge in [-0.2, -0.15) is 5.10 Å². The predicted molar refractivity (Wildman–Crippen MR) is 61.4 cm³/mol. The van der Waals surface area contributed by atoms with Crippen LogP contribution in [0.15, 0.2) is 36.5 Å². The maximum atomic E-state index is 10.6. The highest BCUT2D eigenvalue weighted by Crippen LogP contribution is 2.21. The quantitative estimate of drug-likeness (QED) is 0.735. The van der Waals surface area contributed by atoms with E-state index in [1.165, 1.54) is 6.20 Å². The zero-order valence-corrected chi connectivity index (χ0v) is 9.00. The summed E-state index contributed by atoms with van der Waals surface area (Å²) in [6, 6.07) is 9.45. The van der Waals surface area contributed by atoms with Crippen molar-refractivity contribution in [2.24, 2.45) is 0 Å². The molecule has 1 aromatic heterocycles. The Morgan fingerprint density at radius 3 is 2.71 bits per heavy atom. The monoisotopic (exact) mass is 232 g/mol. The molecule has 0 aliphatic carbocycles. The molecule has 1 atom stereocenters. The molecule has 0 aliphatic rings. The molecule has 1 unspecified atom stereocenters. The SMILES string of the molecule is O=C(O)C(O)Cc1cn[nH]c1-c1ccccc1. The standard InChI is InChI=1S/C12H12N2O3/c15-10(12(16)17)6-9-7-13-14-11(9)8-4-2-1-3-5-8/h1-5,7,10,15H,6H2,(H,13,14)(H,16,17). The number of H-pyrrole nitrogens is 1. The summed E-state index contributed by atoms with van der Waals surface area (Å²) in [6.45, 7) is 0. The first-order chi connectivity index (χ1) is 8.18. The Morgan fingerprint density at radius 1 is 1.35 bits per heavy atom. The van der Waals surface area contributed by atoms with Crippen LogP contribution < -0.4 is 0 Å². The number of rotatable bonds is 4. The van der Waals surface area contributed by atoms with Crippen molar-refractivity contribution in [2.75, 3.05) is 0 Å². The lowest BCUT2D eigenvalue weighted by molar-refractivity contribution is -0.146. The van der Waals surface area contributed by atoms with Crippen LogP contribution in [0.2, 0.25) is 0 Å². The number of aliphatic carboxylic acids is 1. The van der Waals surface area contributed by atoms with Crippen LogP contribution in [0.25, 0.3) is 11.3 Å². The Hall–Kier alpha value is -2.14. The van der Waals surface area contributed by atoms with Gasteiger partial charge in [-0.15, -0.1) is 0 Å². The van der Waals surface area contributed by atoms with E-state index in [-0.39, 0.29) is 6.42 Å². The van der Waals surface area contributed by atoms with Gasteiger partial charge in [-0.25, -0.2) is 4.79 Å². The first-order valence-electron chi connectivity index (χ1n) is 5.17. The third-order valence-corrected chi connectivity index (χ3v) is 2.48. The Labute approximate surface area is 97.7 Å². The van der Waals surface area contributed by atoms with E-state index in [1.54, 1.807) is 0 Å². The topological polar surface area (TPSA) is 86.2 Å². The number of carboxylic acids is 1. The number of nitrogens with one attached hydrogen (secondary N) is 1. The Morgan fingerprint density at radius 2 is 2.06 bits per heavy atom. The van der Waals surface area contributed by atoms with Crippen LogP contribution >= 0.6 is 0 Å². The number of carboxylic acid groups (broad SMARTS) is 1. The molecule has 17 heavy (non-hydrogen) atoms. The van der Waals surface area contributed by atoms with E-state index < -0.39 is 12.1 Å². The van der Waals surface area contributed by atoms with Crippen molar-refractivity contribution in [3.63, 3.8) is 0 Å². The van der Waals surface area contributed by atoms with Crippen molar-refractivity contribution >= 4 is 5.97 Å². The molecule has 5 nitrogen and oxygen atoms in total. The highest BCUT2D eigenvalue weighted by atomic mass is 16.4. The number of nitrogens with zero attached hydrogens (tertiary/aromatic N) is 1.